The molecule has 0 unspecified atom stereocenters. The van der Waals surface area contributed by atoms with Gasteiger partial charge in [-0.05, 0) is 24.2 Å². The van der Waals surface area contributed by atoms with E-state index in [0.717, 1.165) is 0 Å². The van der Waals surface area contributed by atoms with Gasteiger partial charge in [0.05, 0.1) is 0 Å². The van der Waals surface area contributed by atoms with Gasteiger partial charge in [0.2, 0.25) is 0 Å². The minimum atomic E-state index is -2.46. The van der Waals surface area contributed by atoms with Crippen LogP contribution in [0.25, 0.3) is 0 Å². The molecule has 176 valence electrons. The van der Waals surface area contributed by atoms with Crippen LogP contribution in [-0.4, -0.2) is 56.3 Å². The highest BCUT2D eigenvalue weighted by Crippen LogP contribution is 2.64. The van der Waals surface area contributed by atoms with Crippen molar-refractivity contribution >= 4 is 176 Å². The lowest BCUT2D eigenvalue weighted by molar-refractivity contribution is 0.310. The maximum Gasteiger partial charge on any atom is 0.261 e. The monoisotopic (exact) mass is 1130 g/mol. The van der Waals surface area contributed by atoms with Gasteiger partial charge >= 0.3 is 0 Å². The average Bonchev–Trinajstić information content (AvgIpc) is 2.29. The molecule has 0 fully saturated rings. The van der Waals surface area contributed by atoms with Gasteiger partial charge in [-0.1, -0.05) is 117 Å². The third kappa shape index (κ3) is 7.02. The first kappa shape index (κ1) is 34.8. The molecule has 0 atom stereocenters. The highest BCUT2D eigenvalue weighted by Gasteiger charge is 2.86. The second-order valence-corrected chi connectivity index (χ2v) is 124. The van der Waals surface area contributed by atoms with Crippen LogP contribution in [0.3, 0.4) is 0 Å². The molecule has 0 rings (SSSR count). The molecule has 0 N–H and O–H groups in total. The number of rotatable bonds is 10. The van der Waals surface area contributed by atoms with E-state index >= 15 is 0 Å². The highest BCUT2D eigenvalue weighted by molar-refractivity contribution is 9.83. The van der Waals surface area contributed by atoms with Crippen molar-refractivity contribution in [2.24, 2.45) is 0 Å². The summed E-state index contributed by atoms with van der Waals surface area (Å²) in [5.41, 5.74) is 0. The first-order chi connectivity index (χ1) is 12.5. The first-order valence-electron chi connectivity index (χ1n) is 8.99. The van der Waals surface area contributed by atoms with E-state index in [1.807, 2.05) is 0 Å². The normalized spacial score (nSPS) is 15.7. The summed E-state index contributed by atoms with van der Waals surface area (Å²) < 4.78 is 0.756. The molecule has 0 aromatic rings. The first-order valence-corrected chi connectivity index (χ1v) is 45.5. The van der Waals surface area contributed by atoms with Gasteiger partial charge in [0.15, 0.2) is 6.14 Å². The fraction of sp³-hybridized carbons (Fsp3) is 1.00. The fourth-order valence-electron chi connectivity index (χ4n) is 3.90. The molecule has 0 heterocycles. The Kier molecular flexibility index (Phi) is 15.1. The lowest BCUT2D eigenvalue weighted by atomic mass is 10.3. The zero-order chi connectivity index (χ0) is 24.0. The summed E-state index contributed by atoms with van der Waals surface area (Å²) in [6.45, 7) is 18.3. The molecule has 0 aliphatic heterocycles. The van der Waals surface area contributed by atoms with Gasteiger partial charge in [0.25, 0.3) is 16.9 Å². The van der Waals surface area contributed by atoms with Crippen LogP contribution in [0.15, 0.2) is 0 Å². The average molecular weight is 1140 g/mol. The van der Waals surface area contributed by atoms with Crippen LogP contribution in [-0.2, 0) is 0 Å². The van der Waals surface area contributed by atoms with Crippen LogP contribution >= 0.6 is 153 Å². The summed E-state index contributed by atoms with van der Waals surface area (Å²) in [5.74, 6) is 0. The van der Waals surface area contributed by atoms with Gasteiger partial charge in [-0.25, -0.2) is 0 Å². The maximum atomic E-state index is 4.43. The molecule has 0 bridgehead atoms. The Balaban J connectivity index is 7.59. The Morgan fingerprint density at radius 1 is 0.414 bits per heavy atom. The molecule has 0 aromatic heterocycles. The summed E-state index contributed by atoms with van der Waals surface area (Å²) in [5, 5.41) is 0. The van der Waals surface area contributed by atoms with E-state index in [2.05, 4.69) is 217 Å². The van der Waals surface area contributed by atoms with E-state index in [4.69, 9.17) is 0 Å². The molecule has 0 amide bonds. The van der Waals surface area contributed by atoms with Crippen molar-refractivity contribution in [3.63, 3.8) is 0 Å². The van der Waals surface area contributed by atoms with Crippen molar-refractivity contribution in [1.29, 1.82) is 0 Å². The topological polar surface area (TPSA) is 6.48 Å². The van der Waals surface area contributed by atoms with Gasteiger partial charge < -0.3 is 9.13 Å². The molecule has 0 aliphatic carbocycles. The number of nitrogens with zero attached hydrogens (tertiary/aromatic N) is 2. The Labute approximate surface area is 260 Å². The molecule has 29 heavy (non-hydrogen) atoms. The largest absolute Gasteiger partial charge is 0.305 e. The summed E-state index contributed by atoms with van der Waals surface area (Å²) >= 11 is 43.0. The Hall–Kier alpha value is 5.80. The molecule has 17 heteroatoms. The zero-order valence-corrected chi connectivity index (χ0v) is 38.3. The predicted octanol–water partition coefficient (Wildman–Crippen LogP) is 9.69. The van der Waals surface area contributed by atoms with Gasteiger partial charge in [-0.3, -0.25) is 0 Å². The van der Waals surface area contributed by atoms with Crippen molar-refractivity contribution in [1.82, 2.24) is 9.13 Å². The number of hydrogen-bond donors (Lipinski definition) is 0. The van der Waals surface area contributed by atoms with E-state index in [1.165, 1.54) is 0 Å². The molecule has 2 nitrogen and oxygen atoms in total. The lowest BCUT2D eigenvalue weighted by Crippen LogP contribution is -2.93. The van der Waals surface area contributed by atoms with Crippen molar-refractivity contribution in [2.75, 3.05) is 0 Å². The number of halogens is 10. The predicted molar refractivity (Wildman–Crippen MR) is 182 cm³/mol. The van der Waals surface area contributed by atoms with E-state index in [-0.39, 0.29) is 0 Å². The highest BCUT2D eigenvalue weighted by atomic mass is 80.0. The minimum absolute atomic E-state index is 0.386. The SMILES string of the molecule is CC(C)N(C(C)C)[Si](Br)(Br)[Si]([Si](Br)(Br)Br)([Si](Br)(Br)Br)[Si](Br)(Br)N(C(C)C)C(C)C. The third-order valence-corrected chi connectivity index (χ3v) is 221. The summed E-state index contributed by atoms with van der Waals surface area (Å²) in [6.07, 6.45) is -2.46. The van der Waals surface area contributed by atoms with Gasteiger partial charge in [-0.15, -0.1) is 91.8 Å². The van der Waals surface area contributed by atoms with Crippen LogP contribution in [0.5, 0.6) is 0 Å². The second-order valence-electron chi connectivity index (χ2n) is 8.02. The molecule has 0 saturated carbocycles. The van der Waals surface area contributed by atoms with E-state index in [0.29, 0.717) is 24.2 Å². The second kappa shape index (κ2) is 12.6. The van der Waals surface area contributed by atoms with Crippen molar-refractivity contribution in [2.45, 2.75) is 79.6 Å². The minimum Gasteiger partial charge on any atom is -0.305 e. The van der Waals surface area contributed by atoms with Crippen molar-refractivity contribution in [3.05, 3.63) is 0 Å². The van der Waals surface area contributed by atoms with Gasteiger partial charge in [-0.2, -0.15) is 0 Å². The molecular formula is C12H28Br10N2Si5. The summed E-state index contributed by atoms with van der Waals surface area (Å²) in [6, 6.07) is 1.54. The summed E-state index contributed by atoms with van der Waals surface area (Å²) in [4.78, 5) is -4.87. The van der Waals surface area contributed by atoms with Crippen molar-refractivity contribution < 1.29 is 0 Å². The van der Waals surface area contributed by atoms with Gasteiger partial charge in [0, 0.05) is 0 Å². The maximum absolute atomic E-state index is 4.43. The molecule has 0 saturated heterocycles. The lowest BCUT2D eigenvalue weighted by Gasteiger charge is -2.61. The van der Waals surface area contributed by atoms with Crippen LogP contribution in [0.1, 0.15) is 55.4 Å². The quantitative estimate of drug-likeness (QED) is 0.159. The molecule has 0 aliphatic rings. The van der Waals surface area contributed by atoms with Crippen LogP contribution < -0.4 is 0 Å². The number of hydrogen-bond acceptors (Lipinski definition) is 2. The van der Waals surface area contributed by atoms with Gasteiger partial charge in [0.1, 0.15) is 0 Å². The van der Waals surface area contributed by atoms with Crippen LogP contribution in [0, 0.1) is 0 Å². The third-order valence-electron chi connectivity index (χ3n) is 4.63. The van der Waals surface area contributed by atoms with E-state index in [1.54, 1.807) is 0 Å². The van der Waals surface area contributed by atoms with E-state index in [9.17, 15) is 0 Å². The standard InChI is InChI=1S/C12H28Br10N2Si5/c1-9(2)23(10(3)4)27(19,20)29(25(13,14)15,26(16,17)18)28(21,22)24(11(5)6)12(7)8/h9-12H,1-8H3. The molecule has 0 spiro atoms. The van der Waals surface area contributed by atoms with E-state index < -0.39 is 23.0 Å². The van der Waals surface area contributed by atoms with Crippen LogP contribution in [0.2, 0.25) is 0 Å². The molecular weight excluding hydrogens is 1110 g/mol. The Morgan fingerprint density at radius 3 is 0.690 bits per heavy atom. The molecule has 0 aromatic carbocycles. The Bertz CT molecular complexity index is 486. The smallest absolute Gasteiger partial charge is 0.261 e. The zero-order valence-electron chi connectivity index (χ0n) is 17.5. The molecule has 0 radical (unpaired) electrons. The Morgan fingerprint density at radius 2 is 0.586 bits per heavy atom. The van der Waals surface area contributed by atoms with Crippen molar-refractivity contribution in [3.8, 4) is 0 Å². The van der Waals surface area contributed by atoms with Crippen LogP contribution in [0.4, 0.5) is 0 Å². The summed E-state index contributed by atoms with van der Waals surface area (Å²) in [7, 11) is 0. The fourth-order valence-corrected chi connectivity index (χ4v) is 558.